The lowest BCUT2D eigenvalue weighted by atomic mass is 10.2. The number of benzene rings is 1. The molecule has 0 aliphatic rings. The van der Waals surface area contributed by atoms with Crippen molar-refractivity contribution in [2.75, 3.05) is 13.2 Å². The first-order chi connectivity index (χ1) is 9.63. The maximum absolute atomic E-state index is 11.9. The third kappa shape index (κ3) is 3.29. The molecule has 1 heterocycles. The van der Waals surface area contributed by atoms with Crippen molar-refractivity contribution in [1.29, 1.82) is 0 Å². The molecule has 4 nitrogen and oxygen atoms in total. The van der Waals surface area contributed by atoms with Gasteiger partial charge in [0, 0.05) is 16.6 Å². The molecule has 0 radical (unpaired) electrons. The Morgan fingerprint density at radius 1 is 1.35 bits per heavy atom. The van der Waals surface area contributed by atoms with Crippen molar-refractivity contribution >= 4 is 44.9 Å². The van der Waals surface area contributed by atoms with Gasteiger partial charge in [-0.2, -0.15) is 0 Å². The predicted octanol–water partition coefficient (Wildman–Crippen LogP) is 3.24. The molecule has 0 saturated carbocycles. The number of ether oxygens (including phenoxy) is 1. The standard InChI is InChI=1S/C14H14ClNO3S/c1-2-7-16-11(17)8-19-14(18)13-12(15)9-5-3-4-6-10(9)20-13/h3-6H,2,7-8H2,1H3,(H,16,17). The molecule has 2 aromatic rings. The summed E-state index contributed by atoms with van der Waals surface area (Å²) in [6, 6.07) is 7.46. The molecule has 1 N–H and O–H groups in total. The van der Waals surface area contributed by atoms with Gasteiger partial charge in [-0.1, -0.05) is 36.7 Å². The molecule has 0 saturated heterocycles. The lowest BCUT2D eigenvalue weighted by Gasteiger charge is -2.04. The normalized spacial score (nSPS) is 10.5. The third-order valence-electron chi connectivity index (χ3n) is 2.63. The van der Waals surface area contributed by atoms with E-state index in [1.807, 2.05) is 31.2 Å². The second-order valence-corrected chi connectivity index (χ2v) is 5.60. The van der Waals surface area contributed by atoms with Gasteiger partial charge >= 0.3 is 5.97 Å². The molecule has 0 spiro atoms. The maximum Gasteiger partial charge on any atom is 0.350 e. The topological polar surface area (TPSA) is 55.4 Å². The summed E-state index contributed by atoms with van der Waals surface area (Å²) in [5.41, 5.74) is 0. The number of hydrogen-bond donors (Lipinski definition) is 1. The maximum atomic E-state index is 11.9. The fourth-order valence-corrected chi connectivity index (χ4v) is 3.06. The summed E-state index contributed by atoms with van der Waals surface area (Å²) in [6.07, 6.45) is 0.835. The van der Waals surface area contributed by atoms with E-state index in [1.54, 1.807) is 0 Å². The Labute approximate surface area is 125 Å². The van der Waals surface area contributed by atoms with Crippen molar-refractivity contribution in [1.82, 2.24) is 5.32 Å². The van der Waals surface area contributed by atoms with Crippen LogP contribution >= 0.6 is 22.9 Å². The highest BCUT2D eigenvalue weighted by Gasteiger charge is 2.18. The fourth-order valence-electron chi connectivity index (χ4n) is 1.66. The van der Waals surface area contributed by atoms with Crippen LogP contribution in [-0.4, -0.2) is 25.0 Å². The van der Waals surface area contributed by atoms with Gasteiger partial charge in [0.05, 0.1) is 5.02 Å². The average Bonchev–Trinajstić information content (AvgIpc) is 2.80. The van der Waals surface area contributed by atoms with Crippen LogP contribution in [-0.2, 0) is 9.53 Å². The lowest BCUT2D eigenvalue weighted by Crippen LogP contribution is -2.29. The van der Waals surface area contributed by atoms with Gasteiger partial charge in [0.2, 0.25) is 0 Å². The molecule has 106 valence electrons. The smallest absolute Gasteiger partial charge is 0.350 e. The summed E-state index contributed by atoms with van der Waals surface area (Å²) in [6.45, 7) is 2.23. The first-order valence-electron chi connectivity index (χ1n) is 6.24. The van der Waals surface area contributed by atoms with Crippen molar-refractivity contribution in [3.05, 3.63) is 34.2 Å². The molecule has 0 bridgehead atoms. The molecule has 0 fully saturated rings. The number of rotatable bonds is 5. The summed E-state index contributed by atoms with van der Waals surface area (Å²) in [5, 5.41) is 3.83. The number of thiophene rings is 1. The number of halogens is 1. The monoisotopic (exact) mass is 311 g/mol. The van der Waals surface area contributed by atoms with Crippen molar-refractivity contribution < 1.29 is 14.3 Å². The van der Waals surface area contributed by atoms with Crippen LogP contribution in [0.5, 0.6) is 0 Å². The van der Waals surface area contributed by atoms with Gasteiger partial charge in [-0.05, 0) is 12.5 Å². The van der Waals surface area contributed by atoms with E-state index in [4.69, 9.17) is 16.3 Å². The Balaban J connectivity index is 2.04. The molecule has 1 aromatic carbocycles. The summed E-state index contributed by atoms with van der Waals surface area (Å²) < 4.78 is 5.89. The van der Waals surface area contributed by atoms with Gasteiger partial charge in [-0.15, -0.1) is 11.3 Å². The molecule has 0 aliphatic heterocycles. The molecule has 1 amide bonds. The Kier molecular flexibility index (Phi) is 4.98. The van der Waals surface area contributed by atoms with E-state index >= 15 is 0 Å². The van der Waals surface area contributed by atoms with E-state index < -0.39 is 5.97 Å². The van der Waals surface area contributed by atoms with Crippen molar-refractivity contribution in [2.24, 2.45) is 0 Å². The van der Waals surface area contributed by atoms with Gasteiger partial charge in [0.25, 0.3) is 5.91 Å². The van der Waals surface area contributed by atoms with Crippen LogP contribution in [0.4, 0.5) is 0 Å². The van der Waals surface area contributed by atoms with Crippen LogP contribution in [0.25, 0.3) is 10.1 Å². The third-order valence-corrected chi connectivity index (χ3v) is 4.28. The molecule has 1 aromatic heterocycles. The van der Waals surface area contributed by atoms with E-state index in [1.165, 1.54) is 11.3 Å². The summed E-state index contributed by atoms with van der Waals surface area (Å²) in [5.74, 6) is -0.875. The first-order valence-corrected chi connectivity index (χ1v) is 7.43. The summed E-state index contributed by atoms with van der Waals surface area (Å²) in [7, 11) is 0. The first kappa shape index (κ1) is 14.8. The molecule has 20 heavy (non-hydrogen) atoms. The van der Waals surface area contributed by atoms with Crippen LogP contribution in [0.2, 0.25) is 5.02 Å². The highest BCUT2D eigenvalue weighted by atomic mass is 35.5. The summed E-state index contributed by atoms with van der Waals surface area (Å²) >= 11 is 7.42. The number of hydrogen-bond acceptors (Lipinski definition) is 4. The molecule has 2 rings (SSSR count). The predicted molar refractivity (Wildman–Crippen MR) is 80.4 cm³/mol. The van der Waals surface area contributed by atoms with Gasteiger partial charge < -0.3 is 10.1 Å². The molecule has 6 heteroatoms. The van der Waals surface area contributed by atoms with E-state index in [9.17, 15) is 9.59 Å². The van der Waals surface area contributed by atoms with Crippen LogP contribution in [0.3, 0.4) is 0 Å². The van der Waals surface area contributed by atoms with Crippen LogP contribution in [0, 0.1) is 0 Å². The van der Waals surface area contributed by atoms with Crippen molar-refractivity contribution in [3.63, 3.8) is 0 Å². The SMILES string of the molecule is CCCNC(=O)COC(=O)c1sc2ccccc2c1Cl. The largest absolute Gasteiger partial charge is 0.451 e. The molecular formula is C14H14ClNO3S. The summed E-state index contributed by atoms with van der Waals surface area (Å²) in [4.78, 5) is 23.6. The number of carbonyl (C=O) groups is 2. The minimum Gasteiger partial charge on any atom is -0.451 e. The Morgan fingerprint density at radius 3 is 2.80 bits per heavy atom. The second kappa shape index (κ2) is 6.72. The Bertz CT molecular complexity index is 638. The highest BCUT2D eigenvalue weighted by molar-refractivity contribution is 7.21. The Morgan fingerprint density at radius 2 is 2.10 bits per heavy atom. The zero-order valence-corrected chi connectivity index (χ0v) is 12.5. The zero-order chi connectivity index (χ0) is 14.5. The fraction of sp³-hybridized carbons (Fsp3) is 0.286. The minimum atomic E-state index is -0.567. The van der Waals surface area contributed by atoms with E-state index in [2.05, 4.69) is 5.32 Å². The molecule has 0 atom stereocenters. The number of amides is 1. The Hall–Kier alpha value is -1.59. The second-order valence-electron chi connectivity index (χ2n) is 4.17. The number of fused-ring (bicyclic) bond motifs is 1. The highest BCUT2D eigenvalue weighted by Crippen LogP contribution is 2.35. The number of nitrogens with one attached hydrogen (secondary N) is 1. The van der Waals surface area contributed by atoms with Crippen molar-refractivity contribution in [2.45, 2.75) is 13.3 Å². The molecule has 0 aliphatic carbocycles. The van der Waals surface area contributed by atoms with Crippen LogP contribution in [0.15, 0.2) is 24.3 Å². The van der Waals surface area contributed by atoms with E-state index in [0.717, 1.165) is 16.5 Å². The van der Waals surface area contributed by atoms with Crippen LogP contribution in [0.1, 0.15) is 23.0 Å². The van der Waals surface area contributed by atoms with Crippen molar-refractivity contribution in [3.8, 4) is 0 Å². The zero-order valence-electron chi connectivity index (χ0n) is 10.9. The van der Waals surface area contributed by atoms with E-state index in [-0.39, 0.29) is 12.5 Å². The molecular weight excluding hydrogens is 298 g/mol. The number of carbonyl (C=O) groups excluding carboxylic acids is 2. The average molecular weight is 312 g/mol. The van der Waals surface area contributed by atoms with Crippen LogP contribution < -0.4 is 5.32 Å². The number of esters is 1. The molecule has 0 unspecified atom stereocenters. The van der Waals surface area contributed by atoms with Gasteiger partial charge in [-0.3, -0.25) is 4.79 Å². The minimum absolute atomic E-state index is 0.288. The van der Waals surface area contributed by atoms with E-state index in [0.29, 0.717) is 16.4 Å². The van der Waals surface area contributed by atoms with Gasteiger partial charge in [-0.25, -0.2) is 4.79 Å². The lowest BCUT2D eigenvalue weighted by molar-refractivity contribution is -0.124. The van der Waals surface area contributed by atoms with Gasteiger partial charge in [0.15, 0.2) is 6.61 Å². The van der Waals surface area contributed by atoms with Gasteiger partial charge in [0.1, 0.15) is 4.88 Å². The quantitative estimate of drug-likeness (QED) is 0.862.